The van der Waals surface area contributed by atoms with E-state index in [1.807, 2.05) is 96.7 Å². The standard InChI is InChI=1S/C23H24N4O.C15H19BrN4O.C8H6/c1-3-7-19-12-22(28)26(14-19)16-21-17(2)25-27-15-20(13-24-23(21)27)11-10-18-8-5-4-6-9-18;1-3-4-11-5-14(21)19(7-11)9-13-10(2)18-20-8-12(16)6-17-15(13)20;1-2-8-6-4-3-5-7-8/h4-6,8-9,13,15,19H,3,7,12,14,16H2,1-2H3;6,8,11H,3-5,7,9H2,1-2H3;1,3-7H. The van der Waals surface area contributed by atoms with Gasteiger partial charge in [-0.15, -0.1) is 6.42 Å². The molecule has 2 unspecified atom stereocenters. The average Bonchev–Trinajstić information content (AvgIpc) is 3.94. The third-order valence-corrected chi connectivity index (χ3v) is 10.7. The molecule has 0 radical (unpaired) electrons. The molecule has 2 atom stereocenters. The molecule has 11 heteroatoms. The molecule has 0 N–H and O–H groups in total. The fourth-order valence-electron chi connectivity index (χ4n) is 7.40. The van der Waals surface area contributed by atoms with Crippen LogP contribution in [0.5, 0.6) is 0 Å². The second-order valence-corrected chi connectivity index (χ2v) is 15.6. The van der Waals surface area contributed by atoms with Crippen LogP contribution in [0.4, 0.5) is 0 Å². The van der Waals surface area contributed by atoms with Gasteiger partial charge in [-0.05, 0) is 78.7 Å². The third-order valence-electron chi connectivity index (χ3n) is 10.3. The van der Waals surface area contributed by atoms with Crippen molar-refractivity contribution in [2.75, 3.05) is 13.1 Å². The SMILES string of the molecule is C#Cc1ccccc1.CCCC1CC(=O)N(Cc2c(C)nn3cc(Br)cnc23)C1.CCCC1CC(=O)N(Cc2c(C)nn3cc(C#Cc4ccccc4)cnc23)C1. The van der Waals surface area contributed by atoms with Crippen molar-refractivity contribution in [1.29, 1.82) is 0 Å². The lowest BCUT2D eigenvalue weighted by molar-refractivity contribution is -0.129. The molecule has 2 aromatic carbocycles. The summed E-state index contributed by atoms with van der Waals surface area (Å²) in [7, 11) is 0. The first kappa shape index (κ1) is 40.9. The number of nitrogens with zero attached hydrogens (tertiary/aromatic N) is 8. The highest BCUT2D eigenvalue weighted by Crippen LogP contribution is 2.27. The van der Waals surface area contributed by atoms with E-state index in [1.54, 1.807) is 21.4 Å². The Balaban J connectivity index is 0.000000166. The first-order valence-corrected chi connectivity index (χ1v) is 20.4. The smallest absolute Gasteiger partial charge is 0.223 e. The zero-order chi connectivity index (χ0) is 40.3. The van der Waals surface area contributed by atoms with E-state index in [0.717, 1.165) is 93.7 Å². The molecule has 2 aliphatic rings. The van der Waals surface area contributed by atoms with E-state index >= 15 is 0 Å². The van der Waals surface area contributed by atoms with Gasteiger partial charge in [0.2, 0.25) is 11.8 Å². The lowest BCUT2D eigenvalue weighted by atomic mass is 10.0. The quantitative estimate of drug-likeness (QED) is 0.144. The van der Waals surface area contributed by atoms with Crippen molar-refractivity contribution in [3.05, 3.63) is 129 Å². The first-order chi connectivity index (χ1) is 27.6. The maximum absolute atomic E-state index is 12.4. The number of aryl methyl sites for hydroxylation is 2. The van der Waals surface area contributed by atoms with E-state index in [9.17, 15) is 9.59 Å². The Morgan fingerprint density at radius 3 is 1.65 bits per heavy atom. The Kier molecular flexibility index (Phi) is 13.9. The molecule has 0 aliphatic carbocycles. The van der Waals surface area contributed by atoms with Gasteiger partial charge in [0, 0.05) is 73.0 Å². The Morgan fingerprint density at radius 1 is 0.684 bits per heavy atom. The van der Waals surface area contributed by atoms with Gasteiger partial charge in [-0.3, -0.25) is 9.59 Å². The van der Waals surface area contributed by atoms with Crippen LogP contribution in [-0.2, 0) is 22.7 Å². The molecule has 292 valence electrons. The predicted molar refractivity (Wildman–Crippen MR) is 227 cm³/mol. The number of hydrogen-bond acceptors (Lipinski definition) is 6. The first-order valence-electron chi connectivity index (χ1n) is 19.6. The van der Waals surface area contributed by atoms with Crippen LogP contribution in [0.15, 0.2) is 89.9 Å². The number of likely N-dealkylation sites (tertiary alicyclic amines) is 2. The molecular formula is C46H49BrN8O2. The van der Waals surface area contributed by atoms with Gasteiger partial charge in [-0.1, -0.05) is 80.8 Å². The average molecular weight is 826 g/mol. The summed E-state index contributed by atoms with van der Waals surface area (Å²) in [5, 5.41) is 9.08. The minimum absolute atomic E-state index is 0.238. The van der Waals surface area contributed by atoms with E-state index in [1.165, 1.54) is 0 Å². The lowest BCUT2D eigenvalue weighted by Crippen LogP contribution is -2.25. The normalized spacial score (nSPS) is 16.1. The summed E-state index contributed by atoms with van der Waals surface area (Å²) in [6.45, 7) is 11.2. The molecule has 2 saturated heterocycles. The summed E-state index contributed by atoms with van der Waals surface area (Å²) >= 11 is 3.40. The van der Waals surface area contributed by atoms with Crippen LogP contribution in [0.2, 0.25) is 0 Å². The maximum Gasteiger partial charge on any atom is 0.223 e. The second kappa shape index (κ2) is 19.4. The van der Waals surface area contributed by atoms with E-state index in [0.29, 0.717) is 37.8 Å². The number of amides is 2. The number of hydrogen-bond donors (Lipinski definition) is 0. The van der Waals surface area contributed by atoms with E-state index in [4.69, 9.17) is 6.42 Å². The minimum Gasteiger partial charge on any atom is -0.338 e. The third kappa shape index (κ3) is 10.5. The zero-order valence-electron chi connectivity index (χ0n) is 33.2. The summed E-state index contributed by atoms with van der Waals surface area (Å²) in [4.78, 5) is 37.5. The molecule has 2 fully saturated rings. The molecule has 6 aromatic rings. The Hall–Kier alpha value is -5.78. The largest absolute Gasteiger partial charge is 0.338 e. The van der Waals surface area contributed by atoms with Gasteiger partial charge in [0.15, 0.2) is 11.3 Å². The molecule has 2 aliphatic heterocycles. The van der Waals surface area contributed by atoms with Gasteiger partial charge >= 0.3 is 0 Å². The van der Waals surface area contributed by atoms with Crippen LogP contribution in [0.25, 0.3) is 11.3 Å². The monoisotopic (exact) mass is 824 g/mol. The van der Waals surface area contributed by atoms with Gasteiger partial charge in [0.05, 0.1) is 34.5 Å². The van der Waals surface area contributed by atoms with Crippen molar-refractivity contribution < 1.29 is 9.59 Å². The summed E-state index contributed by atoms with van der Waals surface area (Å²) in [5.41, 5.74) is 8.27. The van der Waals surface area contributed by atoms with Gasteiger partial charge in [0.1, 0.15) is 0 Å². The highest BCUT2D eigenvalue weighted by atomic mass is 79.9. The number of terminal acetylenes is 1. The number of carbonyl (C=O) groups is 2. The number of carbonyl (C=O) groups excluding carboxylic acids is 2. The van der Waals surface area contributed by atoms with E-state index in [2.05, 4.69) is 67.7 Å². The number of halogens is 1. The molecule has 2 amide bonds. The highest BCUT2D eigenvalue weighted by Gasteiger charge is 2.31. The second-order valence-electron chi connectivity index (χ2n) is 14.7. The Bertz CT molecular complexity index is 2420. The van der Waals surface area contributed by atoms with Crippen LogP contribution >= 0.6 is 15.9 Å². The number of rotatable bonds is 8. The zero-order valence-corrected chi connectivity index (χ0v) is 34.7. The summed E-state index contributed by atoms with van der Waals surface area (Å²) in [5.74, 6) is 10.3. The molecule has 0 bridgehead atoms. The number of fused-ring (bicyclic) bond motifs is 2. The van der Waals surface area contributed by atoms with Crippen LogP contribution in [0.1, 0.15) is 91.6 Å². The van der Waals surface area contributed by atoms with Crippen molar-refractivity contribution in [2.24, 2.45) is 11.8 Å². The molecule has 0 saturated carbocycles. The minimum atomic E-state index is 0.238. The van der Waals surface area contributed by atoms with Crippen LogP contribution in [-0.4, -0.2) is 63.9 Å². The Morgan fingerprint density at radius 2 is 1.16 bits per heavy atom. The molecule has 0 spiro atoms. The molecule has 6 heterocycles. The predicted octanol–water partition coefficient (Wildman–Crippen LogP) is 8.20. The summed E-state index contributed by atoms with van der Waals surface area (Å²) < 4.78 is 4.45. The van der Waals surface area contributed by atoms with Gasteiger partial charge in [-0.2, -0.15) is 10.2 Å². The molecular weight excluding hydrogens is 776 g/mol. The highest BCUT2D eigenvalue weighted by molar-refractivity contribution is 9.10. The van der Waals surface area contributed by atoms with Crippen molar-refractivity contribution >= 4 is 39.0 Å². The summed E-state index contributed by atoms with van der Waals surface area (Å²) in [6.07, 6.45) is 18.3. The molecule has 10 nitrogen and oxygen atoms in total. The van der Waals surface area contributed by atoms with E-state index < -0.39 is 0 Å². The molecule has 57 heavy (non-hydrogen) atoms. The van der Waals surface area contributed by atoms with E-state index in [-0.39, 0.29) is 11.8 Å². The van der Waals surface area contributed by atoms with Crippen molar-refractivity contribution in [3.8, 4) is 24.2 Å². The van der Waals surface area contributed by atoms with Crippen molar-refractivity contribution in [1.82, 2.24) is 39.0 Å². The number of aromatic nitrogens is 6. The van der Waals surface area contributed by atoms with Crippen molar-refractivity contribution in [2.45, 2.75) is 79.3 Å². The van der Waals surface area contributed by atoms with Gasteiger partial charge in [-0.25, -0.2) is 19.0 Å². The number of benzene rings is 2. The summed E-state index contributed by atoms with van der Waals surface area (Å²) in [6, 6.07) is 19.5. The fraction of sp³-hybridized carbons (Fsp3) is 0.348. The maximum atomic E-state index is 12.4. The van der Waals surface area contributed by atoms with Crippen molar-refractivity contribution in [3.63, 3.8) is 0 Å². The molecule has 4 aromatic heterocycles. The van der Waals surface area contributed by atoms with Crippen LogP contribution in [0, 0.1) is 49.9 Å². The van der Waals surface area contributed by atoms with Crippen LogP contribution < -0.4 is 0 Å². The molecule has 8 rings (SSSR count). The van der Waals surface area contributed by atoms with Gasteiger partial charge in [0.25, 0.3) is 0 Å². The lowest BCUT2D eigenvalue weighted by Gasteiger charge is -2.16. The Labute approximate surface area is 343 Å². The van der Waals surface area contributed by atoms with Crippen LogP contribution in [0.3, 0.4) is 0 Å². The topological polar surface area (TPSA) is 101 Å². The fourth-order valence-corrected chi connectivity index (χ4v) is 7.69. The van der Waals surface area contributed by atoms with Gasteiger partial charge < -0.3 is 9.80 Å².